The second-order valence-corrected chi connectivity index (χ2v) is 5.64. The first-order chi connectivity index (χ1) is 9.63. The van der Waals surface area contributed by atoms with Gasteiger partial charge in [-0.1, -0.05) is 19.9 Å². The van der Waals surface area contributed by atoms with Crippen LogP contribution in [0, 0.1) is 5.92 Å². The molecule has 0 aliphatic rings. The smallest absolute Gasteiger partial charge is 0.229 e. The molecule has 1 atom stereocenters. The number of hydrogen-bond donors (Lipinski definition) is 1. The van der Waals surface area contributed by atoms with Crippen LogP contribution >= 0.6 is 11.3 Å². The molecule has 0 aromatic carbocycles. The zero-order chi connectivity index (χ0) is 14.5. The number of rotatable bonds is 6. The Morgan fingerprint density at radius 2 is 1.80 bits per heavy atom. The minimum absolute atomic E-state index is 0.159. The van der Waals surface area contributed by atoms with Crippen LogP contribution in [0.3, 0.4) is 0 Å². The summed E-state index contributed by atoms with van der Waals surface area (Å²) in [5, 5.41) is 5.43. The third kappa shape index (κ3) is 3.39. The van der Waals surface area contributed by atoms with Crippen LogP contribution in [0.25, 0.3) is 0 Å². The molecule has 108 valence electrons. The summed E-state index contributed by atoms with van der Waals surface area (Å²) < 4.78 is 10.3. The minimum Gasteiger partial charge on any atom is -0.481 e. The third-order valence-electron chi connectivity index (χ3n) is 2.90. The zero-order valence-electron chi connectivity index (χ0n) is 12.1. The summed E-state index contributed by atoms with van der Waals surface area (Å²) in [6.45, 7) is 4.32. The van der Waals surface area contributed by atoms with Crippen molar-refractivity contribution in [1.82, 2.24) is 9.97 Å². The lowest BCUT2D eigenvalue weighted by atomic mass is 10.0. The van der Waals surface area contributed by atoms with Crippen molar-refractivity contribution in [3.63, 3.8) is 0 Å². The number of nitrogens with zero attached hydrogens (tertiary/aromatic N) is 2. The van der Waals surface area contributed by atoms with E-state index in [-0.39, 0.29) is 6.04 Å². The van der Waals surface area contributed by atoms with E-state index in [1.54, 1.807) is 31.6 Å². The van der Waals surface area contributed by atoms with Crippen molar-refractivity contribution in [1.29, 1.82) is 0 Å². The molecular formula is C14H19N3O2S. The van der Waals surface area contributed by atoms with Crippen molar-refractivity contribution < 1.29 is 9.47 Å². The molecule has 20 heavy (non-hydrogen) atoms. The van der Waals surface area contributed by atoms with Crippen molar-refractivity contribution in [3.05, 3.63) is 28.5 Å². The number of anilines is 1. The molecule has 2 heterocycles. The second kappa shape index (κ2) is 6.56. The summed E-state index contributed by atoms with van der Waals surface area (Å²) in [7, 11) is 3.15. The number of nitrogens with one attached hydrogen (secondary N) is 1. The van der Waals surface area contributed by atoms with Crippen molar-refractivity contribution >= 4 is 17.3 Å². The molecule has 1 unspecified atom stereocenters. The normalized spacial score (nSPS) is 12.2. The molecule has 5 nitrogen and oxygen atoms in total. The Balaban J connectivity index is 2.26. The molecular weight excluding hydrogens is 274 g/mol. The van der Waals surface area contributed by atoms with Crippen LogP contribution < -0.4 is 14.8 Å². The van der Waals surface area contributed by atoms with E-state index < -0.39 is 0 Å². The molecule has 0 aliphatic carbocycles. The van der Waals surface area contributed by atoms with Crippen molar-refractivity contribution in [3.8, 4) is 11.8 Å². The highest BCUT2D eigenvalue weighted by atomic mass is 32.1. The summed E-state index contributed by atoms with van der Waals surface area (Å²) in [5.74, 6) is 1.88. The van der Waals surface area contributed by atoms with Crippen LogP contribution in [0.1, 0.15) is 24.8 Å². The van der Waals surface area contributed by atoms with Crippen LogP contribution in [0.4, 0.5) is 5.95 Å². The van der Waals surface area contributed by atoms with E-state index in [0.717, 1.165) is 0 Å². The Bertz CT molecular complexity index is 521. The van der Waals surface area contributed by atoms with Gasteiger partial charge in [-0.2, -0.15) is 9.97 Å². The molecule has 2 rings (SSSR count). The zero-order valence-corrected chi connectivity index (χ0v) is 12.9. The van der Waals surface area contributed by atoms with Gasteiger partial charge in [0.25, 0.3) is 0 Å². The fourth-order valence-corrected chi connectivity index (χ4v) is 2.80. The number of thiophene rings is 1. The molecule has 0 bridgehead atoms. The predicted octanol–water partition coefficient (Wildman–Crippen LogP) is 3.36. The van der Waals surface area contributed by atoms with Crippen LogP contribution in [0.2, 0.25) is 0 Å². The maximum absolute atomic E-state index is 5.16. The van der Waals surface area contributed by atoms with Crippen LogP contribution in [0.15, 0.2) is 23.6 Å². The Morgan fingerprint density at radius 3 is 2.25 bits per heavy atom. The Hall–Kier alpha value is -1.82. The van der Waals surface area contributed by atoms with Crippen molar-refractivity contribution in [2.24, 2.45) is 5.92 Å². The first-order valence-electron chi connectivity index (χ1n) is 6.41. The topological polar surface area (TPSA) is 56.3 Å². The fourth-order valence-electron chi connectivity index (χ4n) is 1.85. The lowest BCUT2D eigenvalue weighted by molar-refractivity contribution is 0.372. The molecule has 0 aliphatic heterocycles. The van der Waals surface area contributed by atoms with Gasteiger partial charge >= 0.3 is 0 Å². The van der Waals surface area contributed by atoms with E-state index in [1.807, 2.05) is 6.07 Å². The van der Waals surface area contributed by atoms with Gasteiger partial charge in [0, 0.05) is 4.88 Å². The monoisotopic (exact) mass is 293 g/mol. The van der Waals surface area contributed by atoms with Gasteiger partial charge in [0.15, 0.2) is 0 Å². The molecule has 0 amide bonds. The molecule has 2 aromatic rings. The predicted molar refractivity (Wildman–Crippen MR) is 80.7 cm³/mol. The average Bonchev–Trinajstić information content (AvgIpc) is 2.97. The van der Waals surface area contributed by atoms with Gasteiger partial charge in [0.05, 0.1) is 26.3 Å². The summed E-state index contributed by atoms with van der Waals surface area (Å²) >= 11 is 1.72. The van der Waals surface area contributed by atoms with E-state index in [1.165, 1.54) is 4.88 Å². The van der Waals surface area contributed by atoms with Gasteiger partial charge in [0.1, 0.15) is 0 Å². The quantitative estimate of drug-likeness (QED) is 0.885. The van der Waals surface area contributed by atoms with Crippen molar-refractivity contribution in [2.45, 2.75) is 19.9 Å². The largest absolute Gasteiger partial charge is 0.481 e. The highest BCUT2D eigenvalue weighted by molar-refractivity contribution is 7.10. The van der Waals surface area contributed by atoms with Gasteiger partial charge in [0.2, 0.25) is 17.7 Å². The van der Waals surface area contributed by atoms with Crippen molar-refractivity contribution in [2.75, 3.05) is 19.5 Å². The lowest BCUT2D eigenvalue weighted by Crippen LogP contribution is -2.17. The standard InChI is InChI=1S/C14H19N3O2S/c1-9(2)13(10-6-5-7-20-10)17-14-15-11(18-3)8-12(16-14)19-4/h5-9,13H,1-4H3,(H,15,16,17). The summed E-state index contributed by atoms with van der Waals surface area (Å²) in [5.41, 5.74) is 0. The summed E-state index contributed by atoms with van der Waals surface area (Å²) in [6, 6.07) is 5.97. The Kier molecular flexibility index (Phi) is 4.79. The molecule has 0 saturated heterocycles. The lowest BCUT2D eigenvalue weighted by Gasteiger charge is -2.21. The average molecular weight is 293 g/mol. The molecule has 0 saturated carbocycles. The molecule has 0 radical (unpaired) electrons. The minimum atomic E-state index is 0.159. The fraction of sp³-hybridized carbons (Fsp3) is 0.429. The van der Waals surface area contributed by atoms with E-state index in [2.05, 4.69) is 40.6 Å². The summed E-state index contributed by atoms with van der Waals surface area (Å²) in [4.78, 5) is 9.88. The summed E-state index contributed by atoms with van der Waals surface area (Å²) in [6.07, 6.45) is 0. The van der Waals surface area contributed by atoms with Gasteiger partial charge in [-0.25, -0.2) is 0 Å². The van der Waals surface area contributed by atoms with Gasteiger partial charge in [-0.05, 0) is 17.4 Å². The van der Waals surface area contributed by atoms with E-state index in [4.69, 9.17) is 9.47 Å². The SMILES string of the molecule is COc1cc(OC)nc(NC(c2cccs2)C(C)C)n1. The van der Waals surface area contributed by atoms with E-state index in [0.29, 0.717) is 23.6 Å². The third-order valence-corrected chi connectivity index (χ3v) is 3.85. The molecule has 6 heteroatoms. The van der Waals surface area contributed by atoms with Gasteiger partial charge in [-0.15, -0.1) is 11.3 Å². The van der Waals surface area contributed by atoms with Crippen LogP contribution in [-0.4, -0.2) is 24.2 Å². The van der Waals surface area contributed by atoms with E-state index >= 15 is 0 Å². The second-order valence-electron chi connectivity index (χ2n) is 4.66. The number of aromatic nitrogens is 2. The highest BCUT2D eigenvalue weighted by Crippen LogP contribution is 2.29. The maximum Gasteiger partial charge on any atom is 0.229 e. The Labute approximate surface area is 123 Å². The number of ether oxygens (including phenoxy) is 2. The van der Waals surface area contributed by atoms with Gasteiger partial charge in [-0.3, -0.25) is 0 Å². The van der Waals surface area contributed by atoms with E-state index in [9.17, 15) is 0 Å². The molecule has 0 fully saturated rings. The first kappa shape index (κ1) is 14.6. The first-order valence-corrected chi connectivity index (χ1v) is 7.29. The number of methoxy groups -OCH3 is 2. The molecule has 1 N–H and O–H groups in total. The highest BCUT2D eigenvalue weighted by Gasteiger charge is 2.18. The van der Waals surface area contributed by atoms with Gasteiger partial charge < -0.3 is 14.8 Å². The maximum atomic E-state index is 5.16. The van der Waals surface area contributed by atoms with Crippen LogP contribution in [-0.2, 0) is 0 Å². The molecule has 2 aromatic heterocycles. The number of hydrogen-bond acceptors (Lipinski definition) is 6. The Morgan fingerprint density at radius 1 is 1.15 bits per heavy atom. The molecule has 0 spiro atoms. The van der Waals surface area contributed by atoms with Crippen LogP contribution in [0.5, 0.6) is 11.8 Å².